The van der Waals surface area contributed by atoms with E-state index in [-0.39, 0.29) is 5.54 Å². The minimum atomic E-state index is 0.196. The molecule has 12 heavy (non-hydrogen) atoms. The average molecular weight is 171 g/mol. The lowest BCUT2D eigenvalue weighted by atomic mass is 9.82. The minimum absolute atomic E-state index is 0.196. The van der Waals surface area contributed by atoms with Crippen LogP contribution in [-0.2, 0) is 0 Å². The van der Waals surface area contributed by atoms with Crippen LogP contribution in [-0.4, -0.2) is 31.2 Å². The summed E-state index contributed by atoms with van der Waals surface area (Å²) in [5, 5.41) is 2.03. The normalized spacial score (nSPS) is 23.0. The lowest BCUT2D eigenvalue weighted by molar-refractivity contribution is 0.123. The molecule has 1 saturated carbocycles. The van der Waals surface area contributed by atoms with Crippen molar-refractivity contribution in [2.75, 3.05) is 20.6 Å². The summed E-state index contributed by atoms with van der Waals surface area (Å²) in [7, 11) is 4.07. The maximum atomic E-state index is 5.80. The summed E-state index contributed by atoms with van der Waals surface area (Å²) in [5.41, 5.74) is 9.45. The Kier molecular flexibility index (Phi) is 3.50. The molecule has 1 aliphatic carbocycles. The Hall–Kier alpha value is -0.120. The van der Waals surface area contributed by atoms with Gasteiger partial charge < -0.3 is 5.73 Å². The van der Waals surface area contributed by atoms with E-state index in [0.29, 0.717) is 0 Å². The second kappa shape index (κ2) is 4.21. The first-order valence-corrected chi connectivity index (χ1v) is 4.84. The molecule has 0 spiro atoms. The fourth-order valence-corrected chi connectivity index (χ4v) is 2.06. The van der Waals surface area contributed by atoms with Crippen LogP contribution in [0.3, 0.4) is 0 Å². The third kappa shape index (κ3) is 2.44. The highest BCUT2D eigenvalue weighted by molar-refractivity contribution is 4.90. The molecule has 0 saturated heterocycles. The Morgan fingerprint density at radius 3 is 2.25 bits per heavy atom. The van der Waals surface area contributed by atoms with E-state index in [1.807, 2.05) is 19.1 Å². The van der Waals surface area contributed by atoms with Crippen molar-refractivity contribution in [2.24, 2.45) is 5.73 Å². The number of nitrogens with one attached hydrogen (secondary N) is 1. The minimum Gasteiger partial charge on any atom is -0.329 e. The predicted molar refractivity (Wildman–Crippen MR) is 51.7 cm³/mol. The highest BCUT2D eigenvalue weighted by Crippen LogP contribution is 2.27. The maximum absolute atomic E-state index is 5.80. The Morgan fingerprint density at radius 1 is 1.25 bits per heavy atom. The first-order chi connectivity index (χ1) is 5.68. The molecule has 0 heterocycles. The van der Waals surface area contributed by atoms with Gasteiger partial charge in [0.1, 0.15) is 0 Å². The van der Waals surface area contributed by atoms with Crippen molar-refractivity contribution in [2.45, 2.75) is 37.6 Å². The van der Waals surface area contributed by atoms with Crippen LogP contribution in [0.4, 0.5) is 0 Å². The van der Waals surface area contributed by atoms with Crippen LogP contribution >= 0.6 is 0 Å². The van der Waals surface area contributed by atoms with Crippen molar-refractivity contribution in [1.29, 1.82) is 0 Å². The summed E-state index contributed by atoms with van der Waals surface area (Å²) in [6.45, 7) is 0.755. The molecule has 3 N–H and O–H groups in total. The molecule has 0 aromatic carbocycles. The molecule has 0 bridgehead atoms. The molecule has 0 amide bonds. The summed E-state index contributed by atoms with van der Waals surface area (Å²) < 4.78 is 0. The number of nitrogens with two attached hydrogens (primary N) is 1. The van der Waals surface area contributed by atoms with Crippen molar-refractivity contribution in [1.82, 2.24) is 10.4 Å². The monoisotopic (exact) mass is 171 g/mol. The SMILES string of the molecule is CN(C)NC1(CN)CCCCC1. The number of hydrazine groups is 1. The van der Waals surface area contributed by atoms with Crippen LogP contribution in [0.1, 0.15) is 32.1 Å². The zero-order chi connectivity index (χ0) is 9.03. The van der Waals surface area contributed by atoms with Crippen molar-refractivity contribution in [3.8, 4) is 0 Å². The molecule has 3 nitrogen and oxygen atoms in total. The molecule has 1 rings (SSSR count). The third-order valence-corrected chi connectivity index (χ3v) is 2.66. The molecule has 3 heteroatoms. The van der Waals surface area contributed by atoms with Gasteiger partial charge >= 0.3 is 0 Å². The second-order valence-corrected chi connectivity index (χ2v) is 4.05. The second-order valence-electron chi connectivity index (χ2n) is 4.05. The molecule has 72 valence electrons. The Balaban J connectivity index is 2.48. The van der Waals surface area contributed by atoms with E-state index in [2.05, 4.69) is 5.43 Å². The summed E-state index contributed by atoms with van der Waals surface area (Å²) in [6, 6.07) is 0. The highest BCUT2D eigenvalue weighted by atomic mass is 15.5. The van der Waals surface area contributed by atoms with E-state index in [1.54, 1.807) is 0 Å². The van der Waals surface area contributed by atoms with E-state index in [1.165, 1.54) is 32.1 Å². The zero-order valence-corrected chi connectivity index (χ0v) is 8.27. The first-order valence-electron chi connectivity index (χ1n) is 4.84. The first kappa shape index (κ1) is 9.96. The van der Waals surface area contributed by atoms with Crippen molar-refractivity contribution in [3.63, 3.8) is 0 Å². The van der Waals surface area contributed by atoms with Crippen LogP contribution < -0.4 is 11.2 Å². The standard InChI is InChI=1S/C9H21N3/c1-12(2)11-9(8-10)6-4-3-5-7-9/h11H,3-8,10H2,1-2H3. The molecule has 0 radical (unpaired) electrons. The fraction of sp³-hybridized carbons (Fsp3) is 1.00. The molecule has 0 atom stereocenters. The molecule has 0 aliphatic heterocycles. The number of hydrogen-bond acceptors (Lipinski definition) is 3. The molecule has 1 fully saturated rings. The Labute approximate surface area is 75.3 Å². The molecule has 0 aromatic rings. The number of hydrogen-bond donors (Lipinski definition) is 2. The number of rotatable bonds is 3. The molecule has 0 unspecified atom stereocenters. The van der Waals surface area contributed by atoms with Crippen LogP contribution in [0, 0.1) is 0 Å². The summed E-state index contributed by atoms with van der Waals surface area (Å²) in [5.74, 6) is 0. The van der Waals surface area contributed by atoms with Gasteiger partial charge in [-0.25, -0.2) is 5.43 Å². The lowest BCUT2D eigenvalue weighted by Gasteiger charge is -2.39. The van der Waals surface area contributed by atoms with Crippen molar-refractivity contribution < 1.29 is 0 Å². The van der Waals surface area contributed by atoms with Crippen LogP contribution in [0.2, 0.25) is 0 Å². The van der Waals surface area contributed by atoms with Gasteiger partial charge in [0, 0.05) is 26.2 Å². The van der Waals surface area contributed by atoms with Gasteiger partial charge in [-0.2, -0.15) is 0 Å². The van der Waals surface area contributed by atoms with Gasteiger partial charge in [0.2, 0.25) is 0 Å². The molecule has 1 aliphatic rings. The van der Waals surface area contributed by atoms with Crippen LogP contribution in [0.25, 0.3) is 0 Å². The van der Waals surface area contributed by atoms with Crippen molar-refractivity contribution in [3.05, 3.63) is 0 Å². The highest BCUT2D eigenvalue weighted by Gasteiger charge is 2.30. The van der Waals surface area contributed by atoms with Gasteiger partial charge in [-0.1, -0.05) is 19.3 Å². The smallest absolute Gasteiger partial charge is 0.0447 e. The lowest BCUT2D eigenvalue weighted by Crippen LogP contribution is -2.57. The van der Waals surface area contributed by atoms with Gasteiger partial charge in [-0.05, 0) is 12.8 Å². The van der Waals surface area contributed by atoms with E-state index >= 15 is 0 Å². The van der Waals surface area contributed by atoms with Gasteiger partial charge in [0.15, 0.2) is 0 Å². The Morgan fingerprint density at radius 2 is 1.83 bits per heavy atom. The maximum Gasteiger partial charge on any atom is 0.0447 e. The molecule has 0 aromatic heterocycles. The third-order valence-electron chi connectivity index (χ3n) is 2.66. The van der Waals surface area contributed by atoms with E-state index in [4.69, 9.17) is 5.73 Å². The quantitative estimate of drug-likeness (QED) is 0.615. The molecular formula is C9H21N3. The summed E-state index contributed by atoms with van der Waals surface area (Å²) in [6.07, 6.45) is 6.45. The average Bonchev–Trinajstić information content (AvgIpc) is 2.05. The van der Waals surface area contributed by atoms with Gasteiger partial charge in [0.05, 0.1) is 0 Å². The van der Waals surface area contributed by atoms with Crippen LogP contribution in [0.15, 0.2) is 0 Å². The largest absolute Gasteiger partial charge is 0.329 e. The zero-order valence-electron chi connectivity index (χ0n) is 8.27. The van der Waals surface area contributed by atoms with Gasteiger partial charge in [-0.15, -0.1) is 0 Å². The molecular weight excluding hydrogens is 150 g/mol. The van der Waals surface area contributed by atoms with Gasteiger partial charge in [-0.3, -0.25) is 5.01 Å². The van der Waals surface area contributed by atoms with E-state index in [9.17, 15) is 0 Å². The van der Waals surface area contributed by atoms with Crippen LogP contribution in [0.5, 0.6) is 0 Å². The summed E-state index contributed by atoms with van der Waals surface area (Å²) in [4.78, 5) is 0. The fourth-order valence-electron chi connectivity index (χ4n) is 2.06. The summed E-state index contributed by atoms with van der Waals surface area (Å²) >= 11 is 0. The van der Waals surface area contributed by atoms with E-state index in [0.717, 1.165) is 6.54 Å². The van der Waals surface area contributed by atoms with E-state index < -0.39 is 0 Å². The predicted octanol–water partition coefficient (Wildman–Crippen LogP) is 0.714. The van der Waals surface area contributed by atoms with Gasteiger partial charge in [0.25, 0.3) is 0 Å². The Bertz CT molecular complexity index is 128. The van der Waals surface area contributed by atoms with Crippen molar-refractivity contribution >= 4 is 0 Å². The topological polar surface area (TPSA) is 41.3 Å². The number of nitrogens with zero attached hydrogens (tertiary/aromatic N) is 1.